The molecule has 0 saturated heterocycles. The first-order valence-electron chi connectivity index (χ1n) is 6.94. The van der Waals surface area contributed by atoms with E-state index in [0.717, 1.165) is 19.1 Å². The van der Waals surface area contributed by atoms with Crippen molar-refractivity contribution in [1.82, 2.24) is 0 Å². The van der Waals surface area contributed by atoms with Crippen LogP contribution in [-0.4, -0.2) is 27.1 Å². The number of amides is 1. The van der Waals surface area contributed by atoms with Gasteiger partial charge in [0.1, 0.15) is 0 Å². The van der Waals surface area contributed by atoms with E-state index in [2.05, 4.69) is 19.2 Å². The van der Waals surface area contributed by atoms with Crippen molar-refractivity contribution < 1.29 is 13.2 Å². The van der Waals surface area contributed by atoms with Crippen LogP contribution in [0.2, 0.25) is 0 Å². The third-order valence-electron chi connectivity index (χ3n) is 3.40. The Labute approximate surface area is 126 Å². The van der Waals surface area contributed by atoms with E-state index < -0.39 is 9.84 Å². The van der Waals surface area contributed by atoms with Gasteiger partial charge in [-0.3, -0.25) is 4.79 Å². The van der Waals surface area contributed by atoms with Gasteiger partial charge in [-0.15, -0.1) is 0 Å². The van der Waals surface area contributed by atoms with Gasteiger partial charge in [0, 0.05) is 18.4 Å². The van der Waals surface area contributed by atoms with Crippen LogP contribution < -0.4 is 11.1 Å². The molecule has 1 rings (SSSR count). The number of carbonyl (C=O) groups is 1. The van der Waals surface area contributed by atoms with Crippen molar-refractivity contribution in [3.63, 3.8) is 0 Å². The lowest BCUT2D eigenvalue weighted by Crippen LogP contribution is -2.20. The van der Waals surface area contributed by atoms with Gasteiger partial charge in [-0.25, -0.2) is 8.42 Å². The lowest BCUT2D eigenvalue weighted by Gasteiger charge is -2.23. The Kier molecular flexibility index (Phi) is 5.92. The SMILES string of the molecule is CC(C)(CCN)CCC(=O)Nc1cccc(S(C)(=O)=O)c1. The summed E-state index contributed by atoms with van der Waals surface area (Å²) < 4.78 is 23.0. The van der Waals surface area contributed by atoms with Gasteiger partial charge in [0.05, 0.1) is 4.90 Å². The highest BCUT2D eigenvalue weighted by atomic mass is 32.2. The van der Waals surface area contributed by atoms with Crippen molar-refractivity contribution in [2.45, 2.75) is 38.0 Å². The standard InChI is InChI=1S/C15H24N2O3S/c1-15(2,9-10-16)8-7-14(18)17-12-5-4-6-13(11-12)21(3,19)20/h4-6,11H,7-10,16H2,1-3H3,(H,17,18). The average Bonchev–Trinajstić information content (AvgIpc) is 2.36. The fraction of sp³-hybridized carbons (Fsp3) is 0.533. The zero-order valence-electron chi connectivity index (χ0n) is 12.8. The van der Waals surface area contributed by atoms with Crippen molar-refractivity contribution in [2.75, 3.05) is 18.1 Å². The third kappa shape index (κ3) is 6.27. The highest BCUT2D eigenvalue weighted by molar-refractivity contribution is 7.90. The van der Waals surface area contributed by atoms with Crippen LogP contribution in [0.1, 0.15) is 33.1 Å². The molecule has 0 fully saturated rings. The second-order valence-corrected chi connectivity index (χ2v) is 8.07. The van der Waals surface area contributed by atoms with Crippen LogP contribution in [0.4, 0.5) is 5.69 Å². The van der Waals surface area contributed by atoms with Crippen LogP contribution >= 0.6 is 0 Å². The van der Waals surface area contributed by atoms with Crippen molar-refractivity contribution in [3.05, 3.63) is 24.3 Å². The third-order valence-corrected chi connectivity index (χ3v) is 4.51. The van der Waals surface area contributed by atoms with Gasteiger partial charge in [-0.2, -0.15) is 0 Å². The first-order chi connectivity index (χ1) is 9.64. The molecule has 0 bridgehead atoms. The molecule has 5 nitrogen and oxygen atoms in total. The smallest absolute Gasteiger partial charge is 0.224 e. The average molecular weight is 312 g/mol. The van der Waals surface area contributed by atoms with E-state index in [0.29, 0.717) is 18.7 Å². The number of hydrogen-bond donors (Lipinski definition) is 2. The molecule has 0 aromatic heterocycles. The number of anilines is 1. The number of carbonyl (C=O) groups excluding carboxylic acids is 1. The molecule has 1 aromatic carbocycles. The molecular weight excluding hydrogens is 288 g/mol. The second-order valence-electron chi connectivity index (χ2n) is 6.05. The predicted molar refractivity (Wildman–Crippen MR) is 84.9 cm³/mol. The molecule has 0 unspecified atom stereocenters. The highest BCUT2D eigenvalue weighted by Crippen LogP contribution is 2.26. The maximum Gasteiger partial charge on any atom is 0.224 e. The quantitative estimate of drug-likeness (QED) is 0.807. The molecule has 118 valence electrons. The molecule has 0 spiro atoms. The normalized spacial score (nSPS) is 12.2. The summed E-state index contributed by atoms with van der Waals surface area (Å²) in [7, 11) is -3.27. The minimum Gasteiger partial charge on any atom is -0.330 e. The van der Waals surface area contributed by atoms with Gasteiger partial charge >= 0.3 is 0 Å². The molecule has 0 heterocycles. The molecule has 1 aromatic rings. The molecule has 0 saturated carbocycles. The molecule has 0 atom stereocenters. The van der Waals surface area contributed by atoms with E-state index in [4.69, 9.17) is 5.73 Å². The topological polar surface area (TPSA) is 89.3 Å². The summed E-state index contributed by atoms with van der Waals surface area (Å²) >= 11 is 0. The van der Waals surface area contributed by atoms with Gasteiger partial charge in [0.2, 0.25) is 5.91 Å². The number of sulfone groups is 1. The fourth-order valence-corrected chi connectivity index (χ4v) is 2.66. The second kappa shape index (κ2) is 7.04. The van der Waals surface area contributed by atoms with E-state index in [-0.39, 0.29) is 16.2 Å². The summed E-state index contributed by atoms with van der Waals surface area (Å²) in [6.07, 6.45) is 3.13. The summed E-state index contributed by atoms with van der Waals surface area (Å²) in [5, 5.41) is 2.73. The number of nitrogens with two attached hydrogens (primary N) is 1. The van der Waals surface area contributed by atoms with Gasteiger partial charge in [-0.05, 0) is 43.0 Å². The molecule has 0 aliphatic heterocycles. The van der Waals surface area contributed by atoms with Crippen LogP contribution in [0.15, 0.2) is 29.2 Å². The van der Waals surface area contributed by atoms with E-state index in [1.165, 1.54) is 12.1 Å². The van der Waals surface area contributed by atoms with Crippen molar-refractivity contribution in [3.8, 4) is 0 Å². The zero-order chi connectivity index (χ0) is 16.1. The minimum atomic E-state index is -3.27. The van der Waals surface area contributed by atoms with Crippen molar-refractivity contribution in [1.29, 1.82) is 0 Å². The van der Waals surface area contributed by atoms with E-state index in [9.17, 15) is 13.2 Å². The molecule has 0 aliphatic rings. The Morgan fingerprint density at radius 2 is 1.95 bits per heavy atom. The Hall–Kier alpha value is -1.40. The van der Waals surface area contributed by atoms with Crippen molar-refractivity contribution in [2.24, 2.45) is 11.1 Å². The Morgan fingerprint density at radius 1 is 1.29 bits per heavy atom. The van der Waals surface area contributed by atoms with Crippen LogP contribution in [0.25, 0.3) is 0 Å². The maximum atomic E-state index is 11.9. The van der Waals surface area contributed by atoms with Crippen LogP contribution in [-0.2, 0) is 14.6 Å². The largest absolute Gasteiger partial charge is 0.330 e. The fourth-order valence-electron chi connectivity index (χ4n) is 2.00. The van der Waals surface area contributed by atoms with Crippen LogP contribution in [0, 0.1) is 5.41 Å². The van der Waals surface area contributed by atoms with Crippen LogP contribution in [0.3, 0.4) is 0 Å². The van der Waals surface area contributed by atoms with Gasteiger partial charge in [-0.1, -0.05) is 19.9 Å². The molecule has 6 heteroatoms. The summed E-state index contributed by atoms with van der Waals surface area (Å²) in [5.74, 6) is -0.120. The van der Waals surface area contributed by atoms with E-state index in [1.807, 2.05) is 0 Å². The van der Waals surface area contributed by atoms with Gasteiger partial charge in [0.15, 0.2) is 9.84 Å². The molecule has 3 N–H and O–H groups in total. The number of benzene rings is 1. The Balaban J connectivity index is 2.64. The lowest BCUT2D eigenvalue weighted by molar-refractivity contribution is -0.116. The van der Waals surface area contributed by atoms with Crippen molar-refractivity contribution >= 4 is 21.4 Å². The Morgan fingerprint density at radius 3 is 2.52 bits per heavy atom. The predicted octanol–water partition coefficient (Wildman–Crippen LogP) is 2.18. The molecular formula is C15H24N2O3S. The summed E-state index contributed by atoms with van der Waals surface area (Å²) in [6, 6.07) is 6.27. The first-order valence-corrected chi connectivity index (χ1v) is 8.83. The summed E-state index contributed by atoms with van der Waals surface area (Å²) in [4.78, 5) is 12.1. The van der Waals surface area contributed by atoms with E-state index in [1.54, 1.807) is 12.1 Å². The Bertz CT molecular complexity index is 595. The first kappa shape index (κ1) is 17.7. The van der Waals surface area contributed by atoms with E-state index >= 15 is 0 Å². The summed E-state index contributed by atoms with van der Waals surface area (Å²) in [5.41, 5.74) is 6.07. The molecule has 21 heavy (non-hydrogen) atoms. The zero-order valence-corrected chi connectivity index (χ0v) is 13.7. The molecule has 1 amide bonds. The number of nitrogens with one attached hydrogen (secondary N) is 1. The number of hydrogen-bond acceptors (Lipinski definition) is 4. The maximum absolute atomic E-state index is 11.9. The monoisotopic (exact) mass is 312 g/mol. The summed E-state index contributed by atoms with van der Waals surface area (Å²) in [6.45, 7) is 4.76. The molecule has 0 aliphatic carbocycles. The van der Waals surface area contributed by atoms with Gasteiger partial charge < -0.3 is 11.1 Å². The lowest BCUT2D eigenvalue weighted by atomic mass is 9.84. The van der Waals surface area contributed by atoms with Crippen LogP contribution in [0.5, 0.6) is 0 Å². The molecule has 0 radical (unpaired) electrons. The minimum absolute atomic E-state index is 0.0285. The highest BCUT2D eigenvalue weighted by Gasteiger charge is 2.18. The number of rotatable bonds is 7. The van der Waals surface area contributed by atoms with Gasteiger partial charge in [0.25, 0.3) is 0 Å².